The van der Waals surface area contributed by atoms with Crippen molar-refractivity contribution in [3.63, 3.8) is 0 Å². The first kappa shape index (κ1) is 34.7. The first-order valence-corrected chi connectivity index (χ1v) is 18.5. The monoisotopic (exact) mass is 644 g/mol. The third kappa shape index (κ3) is 7.99. The maximum atomic E-state index is 15.4. The number of methoxy groups -OCH3 is 1. The van der Waals surface area contributed by atoms with E-state index in [0.717, 1.165) is 5.56 Å². The minimum absolute atomic E-state index is 0.126. The van der Waals surface area contributed by atoms with E-state index in [1.165, 1.54) is 11.0 Å². The molecule has 2 aromatic rings. The molecular weight excluding hydrogens is 595 g/mol. The van der Waals surface area contributed by atoms with Gasteiger partial charge in [-0.15, -0.1) is 0 Å². The van der Waals surface area contributed by atoms with Crippen molar-refractivity contribution in [2.24, 2.45) is 0 Å². The van der Waals surface area contributed by atoms with Gasteiger partial charge in [-0.1, -0.05) is 32.9 Å². The molecule has 2 aliphatic heterocycles. The summed E-state index contributed by atoms with van der Waals surface area (Å²) in [5.74, 6) is 0.414. The molecule has 0 radical (unpaired) electrons. The lowest BCUT2D eigenvalue weighted by molar-refractivity contribution is -0.129. The minimum atomic E-state index is -2.39. The Kier molecular flexibility index (Phi) is 9.97. The Morgan fingerprint density at radius 2 is 1.73 bits per heavy atom. The van der Waals surface area contributed by atoms with Crippen molar-refractivity contribution in [2.45, 2.75) is 103 Å². The van der Waals surface area contributed by atoms with Gasteiger partial charge < -0.3 is 33.5 Å². The smallest absolute Gasteiger partial charge is 0.410 e. The highest BCUT2D eigenvalue weighted by Gasteiger charge is 2.50. The Hall–Kier alpha value is -3.15. The molecule has 1 saturated heterocycles. The van der Waals surface area contributed by atoms with E-state index in [2.05, 4.69) is 33.9 Å². The van der Waals surface area contributed by atoms with E-state index in [-0.39, 0.29) is 55.7 Å². The zero-order valence-electron chi connectivity index (χ0n) is 28.2. The van der Waals surface area contributed by atoms with Crippen LogP contribution >= 0.6 is 0 Å². The van der Waals surface area contributed by atoms with Crippen molar-refractivity contribution in [1.82, 2.24) is 4.90 Å². The summed E-state index contributed by atoms with van der Waals surface area (Å²) in [6, 6.07) is 10.2. The van der Waals surface area contributed by atoms with Gasteiger partial charge in [-0.25, -0.2) is 9.18 Å². The first-order chi connectivity index (χ1) is 20.8. The van der Waals surface area contributed by atoms with E-state index in [1.54, 1.807) is 30.2 Å². The molecule has 1 fully saturated rings. The van der Waals surface area contributed by atoms with E-state index in [4.69, 9.17) is 18.6 Å². The van der Waals surface area contributed by atoms with Crippen LogP contribution in [0, 0.1) is 5.82 Å². The summed E-state index contributed by atoms with van der Waals surface area (Å²) in [7, 11) is -0.805. The lowest BCUT2D eigenvalue weighted by Crippen LogP contribution is -2.63. The molecule has 11 heteroatoms. The fourth-order valence-electron chi connectivity index (χ4n) is 5.32. The molecule has 248 valence electrons. The summed E-state index contributed by atoms with van der Waals surface area (Å²) in [4.78, 5) is 29.1. The van der Waals surface area contributed by atoms with E-state index >= 15 is 4.39 Å². The second-order valence-corrected chi connectivity index (χ2v) is 19.4. The number of carbonyl (C=O) groups is 2. The zero-order chi connectivity index (χ0) is 33.4. The van der Waals surface area contributed by atoms with Gasteiger partial charge in [0.1, 0.15) is 35.1 Å². The maximum Gasteiger partial charge on any atom is 0.410 e. The van der Waals surface area contributed by atoms with Gasteiger partial charge in [-0.3, -0.25) is 4.79 Å². The van der Waals surface area contributed by atoms with Gasteiger partial charge in [0, 0.05) is 18.5 Å². The van der Waals surface area contributed by atoms with Crippen LogP contribution in [0.1, 0.15) is 65.5 Å². The van der Waals surface area contributed by atoms with Crippen molar-refractivity contribution >= 4 is 26.0 Å². The predicted octanol–water partition coefficient (Wildman–Crippen LogP) is 6.45. The van der Waals surface area contributed by atoms with Gasteiger partial charge in [0.25, 0.3) is 0 Å². The molecule has 0 spiro atoms. The number of likely N-dealkylation sites (tertiary alicyclic amines) is 1. The van der Waals surface area contributed by atoms with Crippen molar-refractivity contribution < 1.29 is 37.7 Å². The number of rotatable bonds is 8. The number of ether oxygens (including phenoxy) is 3. The molecule has 45 heavy (non-hydrogen) atoms. The Morgan fingerprint density at radius 1 is 1.07 bits per heavy atom. The van der Waals surface area contributed by atoms with Crippen LogP contribution in [-0.2, 0) is 26.9 Å². The lowest BCUT2D eigenvalue weighted by Gasteiger charge is -2.48. The number of anilines is 1. The lowest BCUT2D eigenvalue weighted by atomic mass is 9.89. The van der Waals surface area contributed by atoms with Crippen LogP contribution < -0.4 is 14.4 Å². The van der Waals surface area contributed by atoms with E-state index < -0.39 is 37.5 Å². The van der Waals surface area contributed by atoms with Gasteiger partial charge in [0.05, 0.1) is 32.0 Å². The maximum absolute atomic E-state index is 15.4. The fourth-order valence-corrected chi connectivity index (χ4v) is 6.68. The van der Waals surface area contributed by atoms with Crippen molar-refractivity contribution in [3.8, 4) is 11.5 Å². The Morgan fingerprint density at radius 3 is 2.33 bits per heavy atom. The standard InChI is InChI=1S/C34H49FN2O7Si/c1-32(2,3)43-31(39)36-19-18-34(40,28(21-36)44-45(8,9)33(4,5)6)22-42-27-16-15-26(35)30-25(27)14-17-29(38)37(30)20-23-10-12-24(41-7)13-11-23/h10-13,15-16,28,40H,14,17-22H2,1-9H3/t28-,34-/m1/s1. The molecular formula is C34H49FN2O7Si. The average molecular weight is 645 g/mol. The van der Waals surface area contributed by atoms with Gasteiger partial charge in [0.15, 0.2) is 8.32 Å². The number of carbonyl (C=O) groups excluding carboxylic acids is 2. The van der Waals surface area contributed by atoms with Crippen LogP contribution in [0.2, 0.25) is 18.1 Å². The molecule has 2 heterocycles. The zero-order valence-corrected chi connectivity index (χ0v) is 29.2. The molecule has 0 bridgehead atoms. The van der Waals surface area contributed by atoms with E-state index in [0.29, 0.717) is 23.5 Å². The molecule has 2 atom stereocenters. The molecule has 1 N–H and O–H groups in total. The number of halogens is 1. The van der Waals surface area contributed by atoms with Crippen LogP contribution in [0.3, 0.4) is 0 Å². The second kappa shape index (κ2) is 12.9. The SMILES string of the molecule is COc1ccc(CN2C(=O)CCc3c(OC[C@]4(O)CCN(C(=O)OC(C)(C)C)C[C@H]4O[Si](C)(C)C(C)(C)C)ccc(F)c32)cc1. The average Bonchev–Trinajstić information content (AvgIpc) is 2.94. The molecule has 9 nitrogen and oxygen atoms in total. The number of piperidine rings is 1. The van der Waals surface area contributed by atoms with Crippen molar-refractivity contribution in [2.75, 3.05) is 31.7 Å². The number of benzene rings is 2. The van der Waals surface area contributed by atoms with Crippen molar-refractivity contribution in [1.29, 1.82) is 0 Å². The quantitative estimate of drug-likeness (QED) is 0.330. The third-order valence-electron chi connectivity index (χ3n) is 9.02. The summed E-state index contributed by atoms with van der Waals surface area (Å²) in [6.07, 6.45) is -0.464. The minimum Gasteiger partial charge on any atom is -0.497 e. The molecule has 2 amide bonds. The molecule has 2 aromatic carbocycles. The Bertz CT molecular complexity index is 1390. The van der Waals surface area contributed by atoms with Crippen LogP contribution in [-0.4, -0.2) is 74.4 Å². The first-order valence-electron chi connectivity index (χ1n) is 15.6. The topological polar surface area (TPSA) is 97.8 Å². The highest BCUT2D eigenvalue weighted by Crippen LogP contribution is 2.42. The van der Waals surface area contributed by atoms with Gasteiger partial charge in [0.2, 0.25) is 5.91 Å². The summed E-state index contributed by atoms with van der Waals surface area (Å²) in [6.45, 7) is 16.5. The Balaban J connectivity index is 1.59. The number of hydrogen-bond acceptors (Lipinski definition) is 7. The van der Waals surface area contributed by atoms with Gasteiger partial charge in [-0.2, -0.15) is 0 Å². The summed E-state index contributed by atoms with van der Waals surface area (Å²) < 4.78 is 39.3. The van der Waals surface area contributed by atoms with Crippen LogP contribution in [0.4, 0.5) is 14.9 Å². The number of aliphatic hydroxyl groups is 1. The molecule has 0 aliphatic carbocycles. The normalized spacial score (nSPS) is 21.0. The highest BCUT2D eigenvalue weighted by molar-refractivity contribution is 6.74. The number of hydrogen-bond donors (Lipinski definition) is 1. The van der Waals surface area contributed by atoms with Crippen molar-refractivity contribution in [3.05, 3.63) is 53.3 Å². The predicted molar refractivity (Wildman–Crippen MR) is 174 cm³/mol. The number of nitrogens with zero attached hydrogens (tertiary/aromatic N) is 2. The summed E-state index contributed by atoms with van der Waals surface area (Å²) >= 11 is 0. The summed E-state index contributed by atoms with van der Waals surface area (Å²) in [5.41, 5.74) is -0.476. The second-order valence-electron chi connectivity index (χ2n) is 14.6. The molecule has 4 rings (SSSR count). The van der Waals surface area contributed by atoms with Crippen LogP contribution in [0.25, 0.3) is 0 Å². The highest BCUT2D eigenvalue weighted by atomic mass is 28.4. The molecule has 0 unspecified atom stereocenters. The largest absolute Gasteiger partial charge is 0.497 e. The molecule has 0 saturated carbocycles. The van der Waals surface area contributed by atoms with Crippen LogP contribution in [0.5, 0.6) is 11.5 Å². The molecule has 0 aromatic heterocycles. The van der Waals surface area contributed by atoms with Gasteiger partial charge >= 0.3 is 6.09 Å². The number of amides is 2. The number of fused-ring (bicyclic) bond motifs is 1. The van der Waals surface area contributed by atoms with Crippen LogP contribution in [0.15, 0.2) is 36.4 Å². The van der Waals surface area contributed by atoms with E-state index in [1.807, 2.05) is 32.9 Å². The van der Waals surface area contributed by atoms with E-state index in [9.17, 15) is 14.7 Å². The molecule has 2 aliphatic rings. The Labute approximate surface area is 267 Å². The third-order valence-corrected chi connectivity index (χ3v) is 13.5. The fraction of sp³-hybridized carbons (Fsp3) is 0.588. The summed E-state index contributed by atoms with van der Waals surface area (Å²) in [5, 5.41) is 11.9. The van der Waals surface area contributed by atoms with Gasteiger partial charge in [-0.05, 0) is 81.6 Å².